The van der Waals surface area contributed by atoms with Crippen molar-refractivity contribution in [3.63, 3.8) is 0 Å². The number of rotatable bonds is 4. The maximum absolute atomic E-state index is 11.7. The number of nitrogens with one attached hydrogen (secondary N) is 1. The van der Waals surface area contributed by atoms with Gasteiger partial charge in [0.1, 0.15) is 0 Å². The standard InChI is InChI=1S/C12H17ClN2O2/c1-9(16)6-7-15(2)12(17)14-11-5-3-4-10(13)8-11/h3-5,8-9,16H,6-7H2,1-2H3,(H,14,17). The number of aliphatic hydroxyl groups is 1. The number of aliphatic hydroxyl groups excluding tert-OH is 1. The lowest BCUT2D eigenvalue weighted by atomic mass is 10.3. The highest BCUT2D eigenvalue weighted by Gasteiger charge is 2.09. The quantitative estimate of drug-likeness (QED) is 0.870. The van der Waals surface area contributed by atoms with Crippen LogP contribution in [0, 0.1) is 0 Å². The van der Waals surface area contributed by atoms with Gasteiger partial charge in [-0.1, -0.05) is 17.7 Å². The summed E-state index contributed by atoms with van der Waals surface area (Å²) in [5.74, 6) is 0. The summed E-state index contributed by atoms with van der Waals surface area (Å²) in [6.45, 7) is 2.20. The largest absolute Gasteiger partial charge is 0.393 e. The summed E-state index contributed by atoms with van der Waals surface area (Å²) >= 11 is 5.81. The number of benzene rings is 1. The number of anilines is 1. The van der Waals surface area contributed by atoms with Gasteiger partial charge in [0, 0.05) is 24.3 Å². The molecule has 0 aromatic heterocycles. The van der Waals surface area contributed by atoms with Crippen molar-refractivity contribution in [3.05, 3.63) is 29.3 Å². The highest BCUT2D eigenvalue weighted by Crippen LogP contribution is 2.15. The molecule has 1 atom stereocenters. The average molecular weight is 257 g/mol. The molecule has 0 aliphatic carbocycles. The lowest BCUT2D eigenvalue weighted by Gasteiger charge is -2.18. The van der Waals surface area contributed by atoms with E-state index in [0.717, 1.165) is 0 Å². The van der Waals surface area contributed by atoms with Gasteiger partial charge in [-0.2, -0.15) is 0 Å². The number of hydrogen-bond donors (Lipinski definition) is 2. The minimum atomic E-state index is -0.406. The zero-order valence-electron chi connectivity index (χ0n) is 9.98. The van der Waals surface area contributed by atoms with Gasteiger partial charge >= 0.3 is 6.03 Å². The smallest absolute Gasteiger partial charge is 0.321 e. The Labute approximate surface area is 106 Å². The molecule has 0 aliphatic rings. The highest BCUT2D eigenvalue weighted by molar-refractivity contribution is 6.30. The van der Waals surface area contributed by atoms with E-state index >= 15 is 0 Å². The van der Waals surface area contributed by atoms with Crippen LogP contribution in [0.5, 0.6) is 0 Å². The predicted molar refractivity (Wildman–Crippen MR) is 69.4 cm³/mol. The van der Waals surface area contributed by atoms with Crippen LogP contribution in [0.25, 0.3) is 0 Å². The molecule has 0 saturated heterocycles. The lowest BCUT2D eigenvalue weighted by molar-refractivity contribution is 0.167. The molecule has 1 rings (SSSR count). The number of carbonyl (C=O) groups excluding carboxylic acids is 1. The van der Waals surface area contributed by atoms with E-state index in [1.54, 1.807) is 38.2 Å². The van der Waals surface area contributed by atoms with Crippen LogP contribution < -0.4 is 5.32 Å². The predicted octanol–water partition coefficient (Wildman–Crippen LogP) is 2.57. The second-order valence-electron chi connectivity index (χ2n) is 4.00. The van der Waals surface area contributed by atoms with Crippen LogP contribution in [0.1, 0.15) is 13.3 Å². The summed E-state index contributed by atoms with van der Waals surface area (Å²) in [4.78, 5) is 13.2. The SMILES string of the molecule is CC(O)CCN(C)C(=O)Nc1cccc(Cl)c1. The second kappa shape index (κ2) is 6.47. The molecule has 1 unspecified atom stereocenters. The molecule has 0 spiro atoms. The van der Waals surface area contributed by atoms with E-state index in [9.17, 15) is 4.79 Å². The van der Waals surface area contributed by atoms with Gasteiger partial charge in [0.05, 0.1) is 6.10 Å². The third-order valence-corrected chi connectivity index (χ3v) is 2.54. The van der Waals surface area contributed by atoms with Crippen LogP contribution >= 0.6 is 11.6 Å². The minimum Gasteiger partial charge on any atom is -0.393 e. The molecule has 5 heteroatoms. The first-order valence-electron chi connectivity index (χ1n) is 5.45. The molecule has 1 aromatic rings. The monoisotopic (exact) mass is 256 g/mol. The fraction of sp³-hybridized carbons (Fsp3) is 0.417. The third kappa shape index (κ3) is 5.06. The molecular weight excluding hydrogens is 240 g/mol. The molecule has 2 N–H and O–H groups in total. The summed E-state index contributed by atoms with van der Waals surface area (Å²) in [6, 6.07) is 6.75. The fourth-order valence-corrected chi connectivity index (χ4v) is 1.46. The Hall–Kier alpha value is -1.26. The first-order chi connectivity index (χ1) is 7.99. The number of nitrogens with zero attached hydrogens (tertiary/aromatic N) is 1. The van der Waals surface area contributed by atoms with Gasteiger partial charge in [-0.15, -0.1) is 0 Å². The minimum absolute atomic E-state index is 0.215. The van der Waals surface area contributed by atoms with Gasteiger partial charge in [-0.05, 0) is 31.5 Å². The topological polar surface area (TPSA) is 52.6 Å². The molecule has 0 heterocycles. The van der Waals surface area contributed by atoms with E-state index in [1.807, 2.05) is 0 Å². The van der Waals surface area contributed by atoms with Crippen molar-refractivity contribution < 1.29 is 9.90 Å². The molecule has 17 heavy (non-hydrogen) atoms. The Morgan fingerprint density at radius 1 is 1.59 bits per heavy atom. The van der Waals surface area contributed by atoms with Crippen LogP contribution in [0.15, 0.2) is 24.3 Å². The first kappa shape index (κ1) is 13.8. The normalized spacial score (nSPS) is 12.0. The molecule has 1 aromatic carbocycles. The van der Waals surface area contributed by atoms with Crippen molar-refractivity contribution >= 4 is 23.3 Å². The number of urea groups is 1. The summed E-state index contributed by atoms with van der Waals surface area (Å²) in [6.07, 6.45) is 0.149. The Bertz CT molecular complexity index is 383. The van der Waals surface area contributed by atoms with E-state index in [1.165, 1.54) is 4.90 Å². The van der Waals surface area contributed by atoms with Crippen molar-refractivity contribution in [1.82, 2.24) is 4.90 Å². The van der Waals surface area contributed by atoms with Crippen molar-refractivity contribution in [1.29, 1.82) is 0 Å². The zero-order valence-corrected chi connectivity index (χ0v) is 10.7. The lowest BCUT2D eigenvalue weighted by Crippen LogP contribution is -2.33. The van der Waals surface area contributed by atoms with Crippen LogP contribution in [0.4, 0.5) is 10.5 Å². The molecule has 0 radical (unpaired) electrons. The van der Waals surface area contributed by atoms with E-state index in [4.69, 9.17) is 16.7 Å². The van der Waals surface area contributed by atoms with Crippen molar-refractivity contribution in [2.45, 2.75) is 19.4 Å². The molecule has 4 nitrogen and oxygen atoms in total. The Morgan fingerprint density at radius 3 is 2.88 bits per heavy atom. The number of carbonyl (C=O) groups is 1. The van der Waals surface area contributed by atoms with Crippen LogP contribution in [-0.4, -0.2) is 35.7 Å². The Morgan fingerprint density at radius 2 is 2.29 bits per heavy atom. The van der Waals surface area contributed by atoms with Crippen LogP contribution in [0.3, 0.4) is 0 Å². The van der Waals surface area contributed by atoms with Gasteiger partial charge in [0.2, 0.25) is 0 Å². The average Bonchev–Trinajstić information content (AvgIpc) is 2.25. The summed E-state index contributed by atoms with van der Waals surface area (Å²) in [5, 5.41) is 12.4. The Kier molecular flexibility index (Phi) is 5.25. The summed E-state index contributed by atoms with van der Waals surface area (Å²) in [5.41, 5.74) is 0.659. The van der Waals surface area contributed by atoms with Crippen molar-refractivity contribution in [2.75, 3.05) is 18.9 Å². The fourth-order valence-electron chi connectivity index (χ4n) is 1.27. The summed E-state index contributed by atoms with van der Waals surface area (Å²) in [7, 11) is 1.68. The van der Waals surface area contributed by atoms with Gasteiger partial charge in [-0.25, -0.2) is 4.79 Å². The second-order valence-corrected chi connectivity index (χ2v) is 4.44. The summed E-state index contributed by atoms with van der Waals surface area (Å²) < 4.78 is 0. The van der Waals surface area contributed by atoms with E-state index in [-0.39, 0.29) is 6.03 Å². The molecule has 94 valence electrons. The highest BCUT2D eigenvalue weighted by atomic mass is 35.5. The van der Waals surface area contributed by atoms with E-state index in [0.29, 0.717) is 23.7 Å². The zero-order chi connectivity index (χ0) is 12.8. The van der Waals surface area contributed by atoms with Crippen molar-refractivity contribution in [2.24, 2.45) is 0 Å². The van der Waals surface area contributed by atoms with Gasteiger partial charge in [0.25, 0.3) is 0 Å². The number of amides is 2. The number of hydrogen-bond acceptors (Lipinski definition) is 2. The molecule has 0 bridgehead atoms. The van der Waals surface area contributed by atoms with Gasteiger partial charge in [0.15, 0.2) is 0 Å². The molecule has 0 saturated carbocycles. The van der Waals surface area contributed by atoms with Gasteiger partial charge < -0.3 is 15.3 Å². The van der Waals surface area contributed by atoms with E-state index < -0.39 is 6.10 Å². The Balaban J connectivity index is 2.48. The molecule has 0 aliphatic heterocycles. The molecular formula is C12H17ClN2O2. The molecule has 0 fully saturated rings. The van der Waals surface area contributed by atoms with Crippen LogP contribution in [-0.2, 0) is 0 Å². The number of halogens is 1. The van der Waals surface area contributed by atoms with E-state index in [2.05, 4.69) is 5.32 Å². The molecule has 2 amide bonds. The maximum Gasteiger partial charge on any atom is 0.321 e. The van der Waals surface area contributed by atoms with Gasteiger partial charge in [-0.3, -0.25) is 0 Å². The van der Waals surface area contributed by atoms with Crippen LogP contribution in [0.2, 0.25) is 5.02 Å². The third-order valence-electron chi connectivity index (χ3n) is 2.30. The van der Waals surface area contributed by atoms with Crippen molar-refractivity contribution in [3.8, 4) is 0 Å². The first-order valence-corrected chi connectivity index (χ1v) is 5.82. The maximum atomic E-state index is 11.7.